The molecule has 0 saturated carbocycles. The summed E-state index contributed by atoms with van der Waals surface area (Å²) in [6.07, 6.45) is 0. The Morgan fingerprint density at radius 2 is 1.87 bits per heavy atom. The fourth-order valence-electron chi connectivity index (χ4n) is 2.19. The third-order valence-electron chi connectivity index (χ3n) is 3.64. The fraction of sp³-hybridized carbons (Fsp3) is 0.278. The van der Waals surface area contributed by atoms with E-state index < -0.39 is 0 Å². The first-order valence-corrected chi connectivity index (χ1v) is 7.36. The molecule has 0 aliphatic rings. The van der Waals surface area contributed by atoms with Crippen molar-refractivity contribution in [1.82, 2.24) is 5.32 Å². The van der Waals surface area contributed by atoms with Crippen LogP contribution in [0, 0.1) is 5.82 Å². The summed E-state index contributed by atoms with van der Waals surface area (Å²) in [6.45, 7) is 4.52. The number of carbonyl (C=O) groups excluding carboxylic acids is 1. The SMILES string of the molecule is COc1ccc(C(C)(C)CNC(=O)Nc2cccc(F)c2)cc1. The molecule has 2 aromatic rings. The Morgan fingerprint density at radius 1 is 1.17 bits per heavy atom. The van der Waals surface area contributed by atoms with Crippen LogP contribution in [0.15, 0.2) is 48.5 Å². The lowest BCUT2D eigenvalue weighted by Crippen LogP contribution is -2.38. The highest BCUT2D eigenvalue weighted by Crippen LogP contribution is 2.24. The third-order valence-corrected chi connectivity index (χ3v) is 3.64. The van der Waals surface area contributed by atoms with Gasteiger partial charge in [-0.3, -0.25) is 0 Å². The Hall–Kier alpha value is -2.56. The van der Waals surface area contributed by atoms with E-state index in [0.29, 0.717) is 12.2 Å². The number of anilines is 1. The first-order chi connectivity index (χ1) is 10.9. The molecule has 0 spiro atoms. The molecule has 0 unspecified atom stereocenters. The quantitative estimate of drug-likeness (QED) is 0.878. The van der Waals surface area contributed by atoms with Crippen LogP contribution in [0.1, 0.15) is 19.4 Å². The molecule has 0 bridgehead atoms. The Bertz CT molecular complexity index is 669. The third kappa shape index (κ3) is 4.71. The van der Waals surface area contributed by atoms with Gasteiger partial charge in [0.25, 0.3) is 0 Å². The van der Waals surface area contributed by atoms with Gasteiger partial charge in [-0.1, -0.05) is 32.0 Å². The average molecular weight is 316 g/mol. The summed E-state index contributed by atoms with van der Waals surface area (Å²) >= 11 is 0. The molecule has 0 fully saturated rings. The van der Waals surface area contributed by atoms with Crippen molar-refractivity contribution >= 4 is 11.7 Å². The van der Waals surface area contributed by atoms with Crippen LogP contribution >= 0.6 is 0 Å². The van der Waals surface area contributed by atoms with Gasteiger partial charge in [0, 0.05) is 17.6 Å². The van der Waals surface area contributed by atoms with Gasteiger partial charge in [-0.05, 0) is 35.9 Å². The number of amides is 2. The van der Waals surface area contributed by atoms with Crippen LogP contribution in [-0.4, -0.2) is 19.7 Å². The molecule has 2 amide bonds. The van der Waals surface area contributed by atoms with Gasteiger partial charge in [-0.25, -0.2) is 9.18 Å². The van der Waals surface area contributed by atoms with Crippen molar-refractivity contribution in [2.45, 2.75) is 19.3 Å². The number of benzene rings is 2. The Morgan fingerprint density at radius 3 is 2.48 bits per heavy atom. The maximum atomic E-state index is 13.1. The molecule has 0 aliphatic heterocycles. The lowest BCUT2D eigenvalue weighted by Gasteiger charge is -2.26. The zero-order valence-corrected chi connectivity index (χ0v) is 13.5. The minimum atomic E-state index is -0.388. The van der Waals surface area contributed by atoms with Crippen molar-refractivity contribution in [3.63, 3.8) is 0 Å². The second kappa shape index (κ2) is 7.13. The lowest BCUT2D eigenvalue weighted by atomic mass is 9.84. The normalized spacial score (nSPS) is 11.0. The minimum absolute atomic E-state index is 0.244. The number of halogens is 1. The molecule has 0 saturated heterocycles. The van der Waals surface area contributed by atoms with Gasteiger partial charge >= 0.3 is 6.03 Å². The number of rotatable bonds is 5. The van der Waals surface area contributed by atoms with E-state index in [1.165, 1.54) is 12.1 Å². The van der Waals surface area contributed by atoms with Crippen LogP contribution in [0.5, 0.6) is 5.75 Å². The van der Waals surface area contributed by atoms with E-state index in [1.807, 2.05) is 38.1 Å². The number of hydrogen-bond donors (Lipinski definition) is 2. The van der Waals surface area contributed by atoms with Crippen LogP contribution in [0.2, 0.25) is 0 Å². The van der Waals surface area contributed by atoms with Gasteiger partial charge < -0.3 is 15.4 Å². The van der Waals surface area contributed by atoms with E-state index >= 15 is 0 Å². The summed E-state index contributed by atoms with van der Waals surface area (Å²) in [7, 11) is 1.62. The molecule has 2 rings (SSSR count). The van der Waals surface area contributed by atoms with E-state index in [1.54, 1.807) is 19.2 Å². The summed E-state index contributed by atoms with van der Waals surface area (Å²) in [5.74, 6) is 0.405. The smallest absolute Gasteiger partial charge is 0.319 e. The molecule has 0 aliphatic carbocycles. The first-order valence-electron chi connectivity index (χ1n) is 7.36. The van der Waals surface area contributed by atoms with Crippen molar-refractivity contribution in [2.75, 3.05) is 19.0 Å². The summed E-state index contributed by atoms with van der Waals surface area (Å²) in [5.41, 5.74) is 1.26. The zero-order valence-electron chi connectivity index (χ0n) is 13.5. The number of urea groups is 1. The number of nitrogens with one attached hydrogen (secondary N) is 2. The second-order valence-corrected chi connectivity index (χ2v) is 5.93. The monoisotopic (exact) mass is 316 g/mol. The summed E-state index contributed by atoms with van der Waals surface area (Å²) in [6, 6.07) is 13.2. The van der Waals surface area contributed by atoms with Crippen molar-refractivity contribution in [2.24, 2.45) is 0 Å². The second-order valence-electron chi connectivity index (χ2n) is 5.93. The van der Waals surface area contributed by atoms with Crippen molar-refractivity contribution in [3.8, 4) is 5.75 Å². The largest absolute Gasteiger partial charge is 0.497 e. The zero-order chi connectivity index (χ0) is 16.9. The predicted octanol–water partition coefficient (Wildman–Crippen LogP) is 3.93. The number of methoxy groups -OCH3 is 1. The molecular weight excluding hydrogens is 295 g/mol. The average Bonchev–Trinajstić information content (AvgIpc) is 2.53. The standard InChI is InChI=1S/C18H21FN2O2/c1-18(2,13-7-9-16(23-3)10-8-13)12-20-17(22)21-15-6-4-5-14(19)11-15/h4-11H,12H2,1-3H3,(H2,20,21,22). The highest BCUT2D eigenvalue weighted by atomic mass is 19.1. The van der Waals surface area contributed by atoms with Crippen LogP contribution in [0.3, 0.4) is 0 Å². The molecule has 0 atom stereocenters. The lowest BCUT2D eigenvalue weighted by molar-refractivity contribution is 0.249. The minimum Gasteiger partial charge on any atom is -0.497 e. The van der Waals surface area contributed by atoms with Gasteiger partial charge in [0.2, 0.25) is 0 Å². The molecule has 0 heterocycles. The predicted molar refractivity (Wildman–Crippen MR) is 89.4 cm³/mol. The van der Waals surface area contributed by atoms with E-state index in [4.69, 9.17) is 4.74 Å². The first kappa shape index (κ1) is 16.8. The molecule has 5 heteroatoms. The molecule has 4 nitrogen and oxygen atoms in total. The van der Waals surface area contributed by atoms with Crippen LogP contribution in [0.4, 0.5) is 14.9 Å². The summed E-state index contributed by atoms with van der Waals surface area (Å²) in [4.78, 5) is 11.9. The van der Waals surface area contributed by atoms with E-state index in [-0.39, 0.29) is 17.3 Å². The van der Waals surface area contributed by atoms with Crippen LogP contribution in [-0.2, 0) is 5.41 Å². The van der Waals surface area contributed by atoms with Crippen molar-refractivity contribution in [1.29, 1.82) is 0 Å². The molecule has 2 N–H and O–H groups in total. The molecular formula is C18H21FN2O2. The van der Waals surface area contributed by atoms with Gasteiger partial charge in [0.1, 0.15) is 11.6 Å². The topological polar surface area (TPSA) is 50.4 Å². The molecule has 122 valence electrons. The van der Waals surface area contributed by atoms with Gasteiger partial charge in [0.05, 0.1) is 7.11 Å². The maximum Gasteiger partial charge on any atom is 0.319 e. The summed E-state index contributed by atoms with van der Waals surface area (Å²) < 4.78 is 18.2. The van der Waals surface area contributed by atoms with Gasteiger partial charge in [-0.2, -0.15) is 0 Å². The van der Waals surface area contributed by atoms with Crippen molar-refractivity contribution < 1.29 is 13.9 Å². The van der Waals surface area contributed by atoms with E-state index in [9.17, 15) is 9.18 Å². The van der Waals surface area contributed by atoms with Crippen molar-refractivity contribution in [3.05, 3.63) is 59.9 Å². The molecule has 0 radical (unpaired) electrons. The molecule has 2 aromatic carbocycles. The Kier molecular flexibility index (Phi) is 5.21. The maximum absolute atomic E-state index is 13.1. The van der Waals surface area contributed by atoms with Crippen LogP contribution in [0.25, 0.3) is 0 Å². The van der Waals surface area contributed by atoms with E-state index in [0.717, 1.165) is 11.3 Å². The molecule has 23 heavy (non-hydrogen) atoms. The van der Waals surface area contributed by atoms with Gasteiger partial charge in [-0.15, -0.1) is 0 Å². The highest BCUT2D eigenvalue weighted by molar-refractivity contribution is 5.89. The number of carbonyl (C=O) groups is 1. The number of ether oxygens (including phenoxy) is 1. The fourth-order valence-corrected chi connectivity index (χ4v) is 2.19. The van der Waals surface area contributed by atoms with Crippen LogP contribution < -0.4 is 15.4 Å². The summed E-state index contributed by atoms with van der Waals surface area (Å²) in [5, 5.41) is 5.43. The highest BCUT2D eigenvalue weighted by Gasteiger charge is 2.21. The van der Waals surface area contributed by atoms with Gasteiger partial charge in [0.15, 0.2) is 0 Å². The Balaban J connectivity index is 1.93. The molecule has 0 aromatic heterocycles. The number of hydrogen-bond acceptors (Lipinski definition) is 2. The van der Waals surface area contributed by atoms with E-state index in [2.05, 4.69) is 10.6 Å². The Labute approximate surface area is 135 Å².